The normalized spacial score (nSPS) is 10.8. The van der Waals surface area contributed by atoms with Crippen molar-refractivity contribution in [1.82, 2.24) is 5.43 Å². The van der Waals surface area contributed by atoms with Gasteiger partial charge in [0.1, 0.15) is 23.9 Å². The monoisotopic (exact) mass is 348 g/mol. The Hall–Kier alpha value is -3.34. The molecule has 0 aliphatic heterocycles. The Morgan fingerprint density at radius 3 is 2.65 bits per heavy atom. The number of carbonyl (C=O) groups excluding carboxylic acids is 1. The van der Waals surface area contributed by atoms with Crippen LogP contribution < -0.4 is 10.2 Å². The van der Waals surface area contributed by atoms with Gasteiger partial charge in [0, 0.05) is 0 Å². The van der Waals surface area contributed by atoms with Crippen LogP contribution in [0, 0.1) is 13.8 Å². The fraction of sp³-hybridized carbons (Fsp3) is 0.143. The lowest BCUT2D eigenvalue weighted by Gasteiger charge is -2.06. The summed E-state index contributed by atoms with van der Waals surface area (Å²) in [5.41, 5.74) is 4.93. The molecule has 1 amide bonds. The van der Waals surface area contributed by atoms with E-state index in [1.54, 1.807) is 26.1 Å². The summed E-state index contributed by atoms with van der Waals surface area (Å²) in [6.07, 6.45) is 1.58. The fourth-order valence-corrected chi connectivity index (χ4v) is 2.51. The number of furan rings is 1. The molecule has 0 radical (unpaired) electrons. The first-order valence-corrected chi connectivity index (χ1v) is 8.29. The highest BCUT2D eigenvalue weighted by atomic mass is 16.5. The van der Waals surface area contributed by atoms with E-state index in [1.165, 1.54) is 0 Å². The minimum atomic E-state index is -0.299. The van der Waals surface area contributed by atoms with Crippen molar-refractivity contribution in [3.63, 3.8) is 0 Å². The second-order valence-electron chi connectivity index (χ2n) is 5.87. The Morgan fingerprint density at radius 2 is 1.92 bits per heavy atom. The second-order valence-corrected chi connectivity index (χ2v) is 5.87. The third-order valence-electron chi connectivity index (χ3n) is 3.77. The molecule has 0 atom stereocenters. The van der Waals surface area contributed by atoms with Gasteiger partial charge < -0.3 is 9.15 Å². The number of hydrogen-bond donors (Lipinski definition) is 1. The molecule has 0 aliphatic rings. The Balaban J connectivity index is 1.58. The molecule has 1 aromatic heterocycles. The van der Waals surface area contributed by atoms with E-state index in [9.17, 15) is 4.79 Å². The molecule has 26 heavy (non-hydrogen) atoms. The molecule has 5 heteroatoms. The van der Waals surface area contributed by atoms with Crippen LogP contribution in [0.4, 0.5) is 0 Å². The molecule has 0 saturated carbocycles. The van der Waals surface area contributed by atoms with Crippen molar-refractivity contribution >= 4 is 12.1 Å². The molecule has 1 N–H and O–H groups in total. The number of hydrazone groups is 1. The minimum absolute atomic E-state index is 0.299. The summed E-state index contributed by atoms with van der Waals surface area (Å²) in [6.45, 7) is 4.05. The van der Waals surface area contributed by atoms with Gasteiger partial charge in [-0.1, -0.05) is 42.5 Å². The average Bonchev–Trinajstić information content (AvgIpc) is 2.99. The third-order valence-corrected chi connectivity index (χ3v) is 3.77. The van der Waals surface area contributed by atoms with E-state index < -0.39 is 0 Å². The molecule has 2 aromatic carbocycles. The summed E-state index contributed by atoms with van der Waals surface area (Å²) in [6, 6.07) is 19.2. The maximum atomic E-state index is 12.1. The van der Waals surface area contributed by atoms with Crippen molar-refractivity contribution in [3.05, 3.63) is 88.9 Å². The lowest BCUT2D eigenvalue weighted by atomic mass is 10.2. The van der Waals surface area contributed by atoms with E-state index in [4.69, 9.17) is 9.15 Å². The second kappa shape index (κ2) is 8.16. The van der Waals surface area contributed by atoms with Crippen LogP contribution in [0.1, 0.15) is 33.0 Å². The van der Waals surface area contributed by atoms with Crippen LogP contribution in [0.15, 0.2) is 70.2 Å². The zero-order valence-electron chi connectivity index (χ0n) is 14.7. The predicted molar refractivity (Wildman–Crippen MR) is 100 cm³/mol. The first kappa shape index (κ1) is 17.5. The van der Waals surface area contributed by atoms with Crippen molar-refractivity contribution in [3.8, 4) is 5.75 Å². The number of nitrogens with one attached hydrogen (secondary N) is 1. The minimum Gasteiger partial charge on any atom is -0.489 e. The zero-order chi connectivity index (χ0) is 18.4. The molecule has 132 valence electrons. The standard InChI is InChI=1S/C21H20N2O3/c1-15-11-20(16(2)26-15)21(24)23-22-13-18-9-6-10-19(12-18)25-14-17-7-4-3-5-8-17/h3-13H,14H2,1-2H3,(H,23,24)/b22-13+. The van der Waals surface area contributed by atoms with Gasteiger partial charge in [-0.2, -0.15) is 5.10 Å². The number of carbonyl (C=O) groups is 1. The lowest BCUT2D eigenvalue weighted by molar-refractivity contribution is 0.0953. The molecule has 0 saturated heterocycles. The summed E-state index contributed by atoms with van der Waals surface area (Å²) < 4.78 is 11.1. The first-order valence-electron chi connectivity index (χ1n) is 8.29. The van der Waals surface area contributed by atoms with Gasteiger partial charge in [-0.05, 0) is 43.2 Å². The van der Waals surface area contributed by atoms with E-state index in [0.717, 1.165) is 16.9 Å². The highest BCUT2D eigenvalue weighted by Crippen LogP contribution is 2.15. The molecule has 5 nitrogen and oxygen atoms in total. The summed E-state index contributed by atoms with van der Waals surface area (Å²) in [4.78, 5) is 12.1. The van der Waals surface area contributed by atoms with Crippen molar-refractivity contribution in [2.24, 2.45) is 5.10 Å². The van der Waals surface area contributed by atoms with Crippen molar-refractivity contribution in [1.29, 1.82) is 0 Å². The summed E-state index contributed by atoms with van der Waals surface area (Å²) in [5, 5.41) is 4.01. The highest BCUT2D eigenvalue weighted by Gasteiger charge is 2.12. The average molecular weight is 348 g/mol. The molecule has 0 fully saturated rings. The van der Waals surface area contributed by atoms with Crippen LogP contribution in [0.3, 0.4) is 0 Å². The number of aryl methyl sites for hydroxylation is 2. The molecular weight excluding hydrogens is 328 g/mol. The van der Waals surface area contributed by atoms with Crippen LogP contribution in [0.5, 0.6) is 5.75 Å². The summed E-state index contributed by atoms with van der Waals surface area (Å²) in [7, 11) is 0. The van der Waals surface area contributed by atoms with E-state index in [-0.39, 0.29) is 5.91 Å². The van der Waals surface area contributed by atoms with Gasteiger partial charge in [0.2, 0.25) is 0 Å². The fourth-order valence-electron chi connectivity index (χ4n) is 2.51. The van der Waals surface area contributed by atoms with Crippen LogP contribution in [-0.2, 0) is 6.61 Å². The van der Waals surface area contributed by atoms with E-state index in [2.05, 4.69) is 10.5 Å². The zero-order valence-corrected chi connectivity index (χ0v) is 14.7. The summed E-state index contributed by atoms with van der Waals surface area (Å²) in [5.74, 6) is 1.71. The molecule has 0 spiro atoms. The van der Waals surface area contributed by atoms with Gasteiger partial charge in [0.15, 0.2) is 0 Å². The smallest absolute Gasteiger partial charge is 0.274 e. The van der Waals surface area contributed by atoms with Crippen LogP contribution in [-0.4, -0.2) is 12.1 Å². The molecule has 0 aliphatic carbocycles. The number of amides is 1. The number of benzene rings is 2. The quantitative estimate of drug-likeness (QED) is 0.535. The Labute approximate surface area is 152 Å². The molecule has 0 unspecified atom stereocenters. The predicted octanol–water partition coefficient (Wildman–Crippen LogP) is 4.24. The Bertz CT molecular complexity index is 914. The molecule has 3 rings (SSSR count). The van der Waals surface area contributed by atoms with Crippen LogP contribution in [0.25, 0.3) is 0 Å². The van der Waals surface area contributed by atoms with Gasteiger partial charge >= 0.3 is 0 Å². The molecule has 3 aromatic rings. The summed E-state index contributed by atoms with van der Waals surface area (Å²) >= 11 is 0. The Morgan fingerprint density at radius 1 is 1.12 bits per heavy atom. The number of ether oxygens (including phenoxy) is 1. The lowest BCUT2D eigenvalue weighted by Crippen LogP contribution is -2.17. The van der Waals surface area contributed by atoms with Crippen molar-refractivity contribution < 1.29 is 13.9 Å². The van der Waals surface area contributed by atoms with Crippen molar-refractivity contribution in [2.45, 2.75) is 20.5 Å². The number of hydrogen-bond acceptors (Lipinski definition) is 4. The van der Waals surface area contributed by atoms with E-state index in [0.29, 0.717) is 23.7 Å². The SMILES string of the molecule is Cc1cc(C(=O)N/N=C/c2cccc(OCc3ccccc3)c2)c(C)o1. The number of nitrogens with zero attached hydrogens (tertiary/aromatic N) is 1. The maximum absolute atomic E-state index is 12.1. The first-order chi connectivity index (χ1) is 12.6. The van der Waals surface area contributed by atoms with Crippen molar-refractivity contribution in [2.75, 3.05) is 0 Å². The largest absolute Gasteiger partial charge is 0.489 e. The Kier molecular flexibility index (Phi) is 5.49. The van der Waals surface area contributed by atoms with E-state index in [1.807, 2.05) is 54.6 Å². The molecular formula is C21H20N2O3. The highest BCUT2D eigenvalue weighted by molar-refractivity contribution is 5.95. The van der Waals surface area contributed by atoms with Crippen LogP contribution >= 0.6 is 0 Å². The van der Waals surface area contributed by atoms with Gasteiger partial charge in [0.05, 0.1) is 11.8 Å². The molecule has 1 heterocycles. The van der Waals surface area contributed by atoms with Gasteiger partial charge in [-0.3, -0.25) is 4.79 Å². The van der Waals surface area contributed by atoms with Gasteiger partial charge in [-0.25, -0.2) is 5.43 Å². The maximum Gasteiger partial charge on any atom is 0.274 e. The van der Waals surface area contributed by atoms with E-state index >= 15 is 0 Å². The topological polar surface area (TPSA) is 63.8 Å². The third kappa shape index (κ3) is 4.60. The van der Waals surface area contributed by atoms with Crippen LogP contribution in [0.2, 0.25) is 0 Å². The van der Waals surface area contributed by atoms with Gasteiger partial charge in [0.25, 0.3) is 5.91 Å². The molecule has 0 bridgehead atoms. The number of rotatable bonds is 6. The van der Waals surface area contributed by atoms with Gasteiger partial charge in [-0.15, -0.1) is 0 Å².